The van der Waals surface area contributed by atoms with Crippen molar-refractivity contribution in [2.75, 3.05) is 0 Å². The maximum Gasteiger partial charge on any atom is 0.126 e. The minimum Gasteiger partial charge on any atom is -0.207 e. The van der Waals surface area contributed by atoms with Crippen molar-refractivity contribution >= 4 is 0 Å². The molecule has 0 spiro atoms. The van der Waals surface area contributed by atoms with Crippen molar-refractivity contribution in [1.29, 1.82) is 0 Å². The average Bonchev–Trinajstić information content (AvgIpc) is 2.20. The fraction of sp³-hybridized carbons (Fsp3) is 0.571. The van der Waals surface area contributed by atoms with E-state index in [0.717, 1.165) is 18.4 Å². The Bertz CT molecular complexity index is 351. The van der Waals surface area contributed by atoms with Crippen LogP contribution in [0.3, 0.4) is 0 Å². The molecule has 1 aromatic carbocycles. The summed E-state index contributed by atoms with van der Waals surface area (Å²) in [5, 5.41) is 0. The average molecular weight is 208 g/mol. The van der Waals surface area contributed by atoms with Gasteiger partial charge in [-0.1, -0.05) is 27.7 Å². The first-order valence-corrected chi connectivity index (χ1v) is 5.83. The SMILES string of the molecule is CCc1c(C(C)C)cc(F)c(C)c1CC. The molecule has 0 atom stereocenters. The van der Waals surface area contributed by atoms with Gasteiger partial charge < -0.3 is 0 Å². The Hall–Kier alpha value is -0.850. The molecular weight excluding hydrogens is 187 g/mol. The van der Waals surface area contributed by atoms with Crippen molar-refractivity contribution < 1.29 is 4.39 Å². The molecular formula is C14H21F. The van der Waals surface area contributed by atoms with Crippen LogP contribution in [0.25, 0.3) is 0 Å². The van der Waals surface area contributed by atoms with E-state index >= 15 is 0 Å². The van der Waals surface area contributed by atoms with Gasteiger partial charge in [-0.2, -0.15) is 0 Å². The Labute approximate surface area is 92.5 Å². The lowest BCUT2D eigenvalue weighted by molar-refractivity contribution is 0.608. The third kappa shape index (κ3) is 2.22. The molecule has 0 unspecified atom stereocenters. The molecule has 0 saturated carbocycles. The second kappa shape index (κ2) is 4.78. The smallest absolute Gasteiger partial charge is 0.126 e. The lowest BCUT2D eigenvalue weighted by Crippen LogP contribution is -2.05. The van der Waals surface area contributed by atoms with Gasteiger partial charge in [0.25, 0.3) is 0 Å². The zero-order valence-corrected chi connectivity index (χ0v) is 10.4. The van der Waals surface area contributed by atoms with Gasteiger partial charge in [-0.25, -0.2) is 4.39 Å². The van der Waals surface area contributed by atoms with Gasteiger partial charge >= 0.3 is 0 Å². The fourth-order valence-corrected chi connectivity index (χ4v) is 2.29. The Balaban J connectivity index is 3.47. The Morgan fingerprint density at radius 1 is 1.13 bits per heavy atom. The van der Waals surface area contributed by atoms with Crippen LogP contribution < -0.4 is 0 Å². The number of hydrogen-bond donors (Lipinski definition) is 0. The quantitative estimate of drug-likeness (QED) is 0.691. The van der Waals surface area contributed by atoms with Crippen LogP contribution in [0, 0.1) is 12.7 Å². The molecule has 0 nitrogen and oxygen atoms in total. The molecule has 0 bridgehead atoms. The van der Waals surface area contributed by atoms with Crippen molar-refractivity contribution in [3.8, 4) is 0 Å². The first-order chi connectivity index (χ1) is 7.02. The standard InChI is InChI=1S/C14H21F/c1-6-11-10(5)14(15)8-13(9(3)4)12(11)7-2/h8-9H,6-7H2,1-5H3. The molecule has 0 N–H and O–H groups in total. The van der Waals surface area contributed by atoms with Crippen LogP contribution in [0.1, 0.15) is 55.9 Å². The van der Waals surface area contributed by atoms with Gasteiger partial charge in [-0.05, 0) is 54.0 Å². The predicted octanol–water partition coefficient (Wildman–Crippen LogP) is 4.38. The summed E-state index contributed by atoms with van der Waals surface area (Å²) in [5.74, 6) is 0.355. The summed E-state index contributed by atoms with van der Waals surface area (Å²) in [6.45, 7) is 10.4. The largest absolute Gasteiger partial charge is 0.207 e. The molecule has 0 aliphatic rings. The number of rotatable bonds is 3. The first kappa shape index (κ1) is 12.2. The zero-order valence-electron chi connectivity index (χ0n) is 10.4. The van der Waals surface area contributed by atoms with Crippen molar-refractivity contribution in [2.45, 2.75) is 53.4 Å². The molecule has 1 aromatic rings. The van der Waals surface area contributed by atoms with Crippen LogP contribution in [0.5, 0.6) is 0 Å². The van der Waals surface area contributed by atoms with E-state index in [1.54, 1.807) is 6.07 Å². The highest BCUT2D eigenvalue weighted by atomic mass is 19.1. The van der Waals surface area contributed by atoms with Crippen LogP contribution in [0.4, 0.5) is 4.39 Å². The summed E-state index contributed by atoms with van der Waals surface area (Å²) >= 11 is 0. The lowest BCUT2D eigenvalue weighted by atomic mass is 9.88. The summed E-state index contributed by atoms with van der Waals surface area (Å²) < 4.78 is 13.7. The topological polar surface area (TPSA) is 0 Å². The molecule has 0 aliphatic carbocycles. The van der Waals surface area contributed by atoms with E-state index in [-0.39, 0.29) is 5.82 Å². The van der Waals surface area contributed by atoms with E-state index in [4.69, 9.17) is 0 Å². The minimum absolute atomic E-state index is 0.0484. The van der Waals surface area contributed by atoms with E-state index in [9.17, 15) is 4.39 Å². The Morgan fingerprint density at radius 3 is 2.07 bits per heavy atom. The summed E-state index contributed by atoms with van der Waals surface area (Å²) in [4.78, 5) is 0. The molecule has 0 radical (unpaired) electrons. The van der Waals surface area contributed by atoms with E-state index in [1.807, 2.05) is 6.92 Å². The summed E-state index contributed by atoms with van der Waals surface area (Å²) in [7, 11) is 0. The van der Waals surface area contributed by atoms with Gasteiger partial charge in [0, 0.05) is 0 Å². The first-order valence-electron chi connectivity index (χ1n) is 5.83. The van der Waals surface area contributed by atoms with Crippen molar-refractivity contribution in [2.24, 2.45) is 0 Å². The van der Waals surface area contributed by atoms with Gasteiger partial charge in [0.1, 0.15) is 5.82 Å². The van der Waals surface area contributed by atoms with Crippen molar-refractivity contribution in [1.82, 2.24) is 0 Å². The summed E-state index contributed by atoms with van der Waals surface area (Å²) in [6, 6.07) is 1.72. The van der Waals surface area contributed by atoms with Crippen molar-refractivity contribution in [3.05, 3.63) is 34.1 Å². The van der Waals surface area contributed by atoms with Crippen molar-refractivity contribution in [3.63, 3.8) is 0 Å². The molecule has 0 fully saturated rings. The second-order valence-electron chi connectivity index (χ2n) is 4.39. The van der Waals surface area contributed by atoms with Gasteiger partial charge in [0.05, 0.1) is 0 Å². The summed E-state index contributed by atoms with van der Waals surface area (Å²) in [5.41, 5.74) is 4.57. The molecule has 0 saturated heterocycles. The van der Waals surface area contributed by atoms with Crippen LogP contribution in [-0.4, -0.2) is 0 Å². The molecule has 0 amide bonds. The summed E-state index contributed by atoms with van der Waals surface area (Å²) in [6.07, 6.45) is 1.92. The Morgan fingerprint density at radius 2 is 1.67 bits per heavy atom. The van der Waals surface area contributed by atoms with Gasteiger partial charge in [-0.15, -0.1) is 0 Å². The number of halogens is 1. The lowest BCUT2D eigenvalue weighted by Gasteiger charge is -2.18. The van der Waals surface area contributed by atoms with Crippen LogP contribution in [-0.2, 0) is 12.8 Å². The third-order valence-corrected chi connectivity index (χ3v) is 3.13. The molecule has 84 valence electrons. The maximum absolute atomic E-state index is 13.7. The third-order valence-electron chi connectivity index (χ3n) is 3.13. The number of benzene rings is 1. The van der Waals surface area contributed by atoms with Crippen LogP contribution in [0.15, 0.2) is 6.07 Å². The van der Waals surface area contributed by atoms with E-state index in [2.05, 4.69) is 27.7 Å². The van der Waals surface area contributed by atoms with E-state index in [1.165, 1.54) is 16.7 Å². The highest BCUT2D eigenvalue weighted by molar-refractivity contribution is 5.43. The number of hydrogen-bond acceptors (Lipinski definition) is 0. The van der Waals surface area contributed by atoms with Gasteiger partial charge in [0.15, 0.2) is 0 Å². The normalized spacial score (nSPS) is 11.1. The fourth-order valence-electron chi connectivity index (χ4n) is 2.29. The van der Waals surface area contributed by atoms with E-state index in [0.29, 0.717) is 5.92 Å². The molecule has 0 aliphatic heterocycles. The molecule has 1 heteroatoms. The minimum atomic E-state index is -0.0484. The molecule has 15 heavy (non-hydrogen) atoms. The van der Waals surface area contributed by atoms with Crippen LogP contribution in [0.2, 0.25) is 0 Å². The molecule has 0 heterocycles. The second-order valence-corrected chi connectivity index (χ2v) is 4.39. The van der Waals surface area contributed by atoms with Gasteiger partial charge in [0.2, 0.25) is 0 Å². The zero-order chi connectivity index (χ0) is 11.6. The molecule has 0 aromatic heterocycles. The van der Waals surface area contributed by atoms with E-state index < -0.39 is 0 Å². The van der Waals surface area contributed by atoms with Crippen LogP contribution >= 0.6 is 0 Å². The Kier molecular flexibility index (Phi) is 3.90. The highest BCUT2D eigenvalue weighted by Gasteiger charge is 2.14. The molecule has 1 rings (SSSR count). The maximum atomic E-state index is 13.7. The monoisotopic (exact) mass is 208 g/mol. The predicted molar refractivity (Wildman–Crippen MR) is 64.0 cm³/mol. The van der Waals surface area contributed by atoms with Gasteiger partial charge in [-0.3, -0.25) is 0 Å². The highest BCUT2D eigenvalue weighted by Crippen LogP contribution is 2.28.